The quantitative estimate of drug-likeness (QED) is 0.384. The number of hydrogen-bond acceptors (Lipinski definition) is 3. The van der Waals surface area contributed by atoms with Crippen molar-refractivity contribution < 1.29 is 9.53 Å². The lowest BCUT2D eigenvalue weighted by Gasteiger charge is -2.22. The monoisotopic (exact) mass is 477 g/mol. The molecule has 0 heterocycles. The highest BCUT2D eigenvalue weighted by molar-refractivity contribution is 8.93. The lowest BCUT2D eigenvalue weighted by atomic mass is 10.1. The van der Waals surface area contributed by atoms with Crippen LogP contribution in [0.2, 0.25) is 0 Å². The smallest absolute Gasteiger partial charge is 0.316 e. The van der Waals surface area contributed by atoms with Gasteiger partial charge in [-0.15, -0.1) is 17.0 Å². The molecule has 0 spiro atoms. The van der Waals surface area contributed by atoms with Crippen LogP contribution in [0.4, 0.5) is 10.5 Å². The maximum atomic E-state index is 11.5. The number of nitrogens with zero attached hydrogens (tertiary/aromatic N) is 1. The average molecular weight is 478 g/mol. The third-order valence-electron chi connectivity index (χ3n) is 4.91. The minimum atomic E-state index is -0.584. The first-order valence-electron chi connectivity index (χ1n) is 10.7. The molecule has 2 rings (SSSR count). The molecule has 0 saturated carbocycles. The van der Waals surface area contributed by atoms with E-state index in [0.717, 1.165) is 31.6 Å². The zero-order valence-electron chi connectivity index (χ0n) is 18.2. The molecule has 2 aromatic rings. The largest absolute Gasteiger partial charge is 0.487 e. The van der Waals surface area contributed by atoms with E-state index >= 15 is 0 Å². The maximum Gasteiger partial charge on any atom is 0.316 e. The predicted octanol–water partition coefficient (Wildman–Crippen LogP) is 5.78. The number of anilines is 1. The highest BCUT2D eigenvalue weighted by atomic mass is 79.9. The Balaban J connectivity index is 0.00000450. The summed E-state index contributed by atoms with van der Waals surface area (Å²) in [5.74, 6) is 0.630. The number of hydrogen-bond donors (Lipinski definition) is 2. The number of primary amides is 1. The van der Waals surface area contributed by atoms with E-state index in [4.69, 9.17) is 10.5 Å². The number of nitrogens with one attached hydrogen (secondary N) is 1. The fourth-order valence-electron chi connectivity index (χ4n) is 3.21. The Bertz CT molecular complexity index is 732. The van der Waals surface area contributed by atoms with E-state index in [1.807, 2.05) is 42.5 Å². The second-order valence-corrected chi connectivity index (χ2v) is 7.39. The Morgan fingerprint density at radius 2 is 1.63 bits per heavy atom. The molecule has 2 aromatic carbocycles. The van der Waals surface area contributed by atoms with Gasteiger partial charge in [-0.2, -0.15) is 0 Å². The van der Waals surface area contributed by atoms with Crippen LogP contribution < -0.4 is 15.8 Å². The first-order valence-corrected chi connectivity index (χ1v) is 10.7. The summed E-state index contributed by atoms with van der Waals surface area (Å²) in [4.78, 5) is 14.0. The molecule has 0 aliphatic carbocycles. The molecule has 6 heteroatoms. The van der Waals surface area contributed by atoms with Crippen LogP contribution in [0.15, 0.2) is 48.5 Å². The molecule has 0 fully saturated rings. The molecular formula is C24H36BrN3O2. The molecule has 0 radical (unpaired) electrons. The zero-order chi connectivity index (χ0) is 20.9. The molecule has 5 nitrogen and oxygen atoms in total. The second kappa shape index (κ2) is 14.9. The molecule has 0 atom stereocenters. The van der Waals surface area contributed by atoms with Crippen molar-refractivity contribution in [1.82, 2.24) is 4.90 Å². The number of urea groups is 1. The fraction of sp³-hybridized carbons (Fsp3) is 0.458. The van der Waals surface area contributed by atoms with Crippen molar-refractivity contribution in [2.75, 3.05) is 25.0 Å². The topological polar surface area (TPSA) is 67.6 Å². The van der Waals surface area contributed by atoms with Gasteiger partial charge in [0.15, 0.2) is 0 Å². The van der Waals surface area contributed by atoms with Crippen LogP contribution in [0.1, 0.15) is 50.7 Å². The molecule has 2 amide bonds. The summed E-state index contributed by atoms with van der Waals surface area (Å²) in [7, 11) is 0. The standard InChI is InChI=1S/C24H35N3O2.BrH/c1-3-5-15-27(16-6-4-2)17-14-20-12-13-23(22(18-20)26-24(25)28)29-19-21-10-8-7-9-11-21;/h7-13,18H,3-6,14-17,19H2,1-2H3,(H3,25,26,28);1H. The predicted molar refractivity (Wildman–Crippen MR) is 131 cm³/mol. The number of benzene rings is 2. The molecule has 3 N–H and O–H groups in total. The van der Waals surface area contributed by atoms with Gasteiger partial charge in [-0.25, -0.2) is 4.79 Å². The number of unbranched alkanes of at least 4 members (excludes halogenated alkanes) is 2. The summed E-state index contributed by atoms with van der Waals surface area (Å²) < 4.78 is 5.93. The highest BCUT2D eigenvalue weighted by Crippen LogP contribution is 2.27. The molecule has 0 aromatic heterocycles. The van der Waals surface area contributed by atoms with Crippen LogP contribution in [0.5, 0.6) is 5.75 Å². The van der Waals surface area contributed by atoms with E-state index in [1.54, 1.807) is 0 Å². The summed E-state index contributed by atoms with van der Waals surface area (Å²) in [6, 6.07) is 15.3. The summed E-state index contributed by atoms with van der Waals surface area (Å²) in [6.45, 7) is 8.19. The molecule has 166 valence electrons. The summed E-state index contributed by atoms with van der Waals surface area (Å²) in [6.07, 6.45) is 5.81. The van der Waals surface area contributed by atoms with E-state index in [-0.39, 0.29) is 17.0 Å². The lowest BCUT2D eigenvalue weighted by molar-refractivity contribution is 0.259. The van der Waals surface area contributed by atoms with Gasteiger partial charge in [-0.3, -0.25) is 0 Å². The second-order valence-electron chi connectivity index (χ2n) is 7.39. The number of halogens is 1. The van der Waals surface area contributed by atoms with Crippen LogP contribution in [0, 0.1) is 0 Å². The maximum absolute atomic E-state index is 11.5. The van der Waals surface area contributed by atoms with Crippen molar-refractivity contribution in [2.45, 2.75) is 52.6 Å². The summed E-state index contributed by atoms with van der Waals surface area (Å²) >= 11 is 0. The number of ether oxygens (including phenoxy) is 1. The van der Waals surface area contributed by atoms with Gasteiger partial charge in [0.2, 0.25) is 0 Å². The normalized spacial score (nSPS) is 10.5. The van der Waals surface area contributed by atoms with Crippen molar-refractivity contribution in [3.05, 3.63) is 59.7 Å². The van der Waals surface area contributed by atoms with Crippen LogP contribution >= 0.6 is 17.0 Å². The first kappa shape index (κ1) is 26.0. The van der Waals surface area contributed by atoms with E-state index in [9.17, 15) is 4.79 Å². The minimum Gasteiger partial charge on any atom is -0.487 e. The average Bonchev–Trinajstić information content (AvgIpc) is 2.73. The Labute approximate surface area is 191 Å². The van der Waals surface area contributed by atoms with Crippen LogP contribution in [0.25, 0.3) is 0 Å². The Kier molecular flexibility index (Phi) is 12.9. The fourth-order valence-corrected chi connectivity index (χ4v) is 3.21. The van der Waals surface area contributed by atoms with E-state index in [2.05, 4.69) is 30.1 Å². The van der Waals surface area contributed by atoms with Gasteiger partial charge in [0.05, 0.1) is 5.69 Å². The molecule has 0 unspecified atom stereocenters. The van der Waals surface area contributed by atoms with E-state index in [1.165, 1.54) is 31.2 Å². The van der Waals surface area contributed by atoms with Crippen LogP contribution in [-0.4, -0.2) is 30.6 Å². The van der Waals surface area contributed by atoms with Gasteiger partial charge in [-0.05, 0) is 55.6 Å². The van der Waals surface area contributed by atoms with Crippen molar-refractivity contribution in [2.24, 2.45) is 5.73 Å². The third-order valence-corrected chi connectivity index (χ3v) is 4.91. The highest BCUT2D eigenvalue weighted by Gasteiger charge is 2.10. The SMILES string of the molecule is Br.CCCCN(CCCC)CCc1ccc(OCc2ccccc2)c(NC(N)=O)c1. The zero-order valence-corrected chi connectivity index (χ0v) is 19.9. The molecule has 0 bridgehead atoms. The Morgan fingerprint density at radius 3 is 2.23 bits per heavy atom. The third kappa shape index (κ3) is 9.63. The lowest BCUT2D eigenvalue weighted by Crippen LogP contribution is -2.28. The van der Waals surface area contributed by atoms with Gasteiger partial charge in [0.25, 0.3) is 0 Å². The van der Waals surface area contributed by atoms with E-state index < -0.39 is 6.03 Å². The van der Waals surface area contributed by atoms with Gasteiger partial charge in [0, 0.05) is 6.54 Å². The number of nitrogens with two attached hydrogens (primary N) is 1. The summed E-state index contributed by atoms with van der Waals surface area (Å²) in [5.41, 5.74) is 8.23. The molecule has 0 aliphatic rings. The molecule has 0 saturated heterocycles. The van der Waals surface area contributed by atoms with Crippen molar-refractivity contribution >= 4 is 28.7 Å². The van der Waals surface area contributed by atoms with Gasteiger partial charge < -0.3 is 20.7 Å². The van der Waals surface area contributed by atoms with Gasteiger partial charge in [0.1, 0.15) is 12.4 Å². The Morgan fingerprint density at radius 1 is 0.967 bits per heavy atom. The van der Waals surface area contributed by atoms with Crippen LogP contribution in [0.3, 0.4) is 0 Å². The number of carbonyl (C=O) groups is 1. The molecular weight excluding hydrogens is 442 g/mol. The minimum absolute atomic E-state index is 0. The van der Waals surface area contributed by atoms with Crippen LogP contribution in [-0.2, 0) is 13.0 Å². The van der Waals surface area contributed by atoms with Crippen molar-refractivity contribution in [3.8, 4) is 5.75 Å². The van der Waals surface area contributed by atoms with Crippen molar-refractivity contribution in [1.29, 1.82) is 0 Å². The summed E-state index contributed by atoms with van der Waals surface area (Å²) in [5, 5.41) is 2.71. The van der Waals surface area contributed by atoms with Gasteiger partial charge in [-0.1, -0.05) is 63.1 Å². The first-order chi connectivity index (χ1) is 14.1. The van der Waals surface area contributed by atoms with Crippen molar-refractivity contribution in [3.63, 3.8) is 0 Å². The Hall–Kier alpha value is -2.05. The number of carbonyl (C=O) groups excluding carboxylic acids is 1. The molecule has 0 aliphatic heterocycles. The number of amides is 2. The van der Waals surface area contributed by atoms with Gasteiger partial charge >= 0.3 is 6.03 Å². The molecule has 30 heavy (non-hydrogen) atoms. The number of rotatable bonds is 13. The van der Waals surface area contributed by atoms with E-state index in [0.29, 0.717) is 18.0 Å².